The van der Waals surface area contributed by atoms with E-state index in [1.54, 1.807) is 0 Å². The van der Waals surface area contributed by atoms with Gasteiger partial charge < -0.3 is 15.3 Å². The lowest BCUT2D eigenvalue weighted by Gasteiger charge is -2.48. The number of piperidine rings is 1. The van der Waals surface area contributed by atoms with Crippen LogP contribution in [-0.2, 0) is 0 Å². The van der Waals surface area contributed by atoms with E-state index in [0.29, 0.717) is 12.1 Å². The Morgan fingerprint density at radius 3 is 2.32 bits per heavy atom. The van der Waals surface area contributed by atoms with Gasteiger partial charge in [-0.2, -0.15) is 0 Å². The van der Waals surface area contributed by atoms with E-state index in [9.17, 15) is 5.11 Å². The van der Waals surface area contributed by atoms with Crippen LogP contribution >= 0.6 is 0 Å². The Labute approximate surface area is 150 Å². The lowest BCUT2D eigenvalue weighted by atomic mass is 9.84. The summed E-state index contributed by atoms with van der Waals surface area (Å²) in [6, 6.07) is 18.4. The van der Waals surface area contributed by atoms with Crippen molar-refractivity contribution in [1.29, 1.82) is 0 Å². The largest absolute Gasteiger partial charge is 0.393 e. The monoisotopic (exact) mass is 336 g/mol. The van der Waals surface area contributed by atoms with Gasteiger partial charge in [0.25, 0.3) is 0 Å². The number of benzene rings is 2. The van der Waals surface area contributed by atoms with Crippen LogP contribution in [0.3, 0.4) is 0 Å². The molecule has 2 fully saturated rings. The Morgan fingerprint density at radius 1 is 0.920 bits per heavy atom. The van der Waals surface area contributed by atoms with Gasteiger partial charge in [-0.15, -0.1) is 0 Å². The van der Waals surface area contributed by atoms with Crippen LogP contribution in [0, 0.1) is 6.92 Å². The molecule has 0 bridgehead atoms. The Balaban J connectivity index is 1.71. The van der Waals surface area contributed by atoms with Crippen LogP contribution in [0.15, 0.2) is 48.5 Å². The van der Waals surface area contributed by atoms with E-state index in [0.717, 1.165) is 25.9 Å². The number of aliphatic hydroxyl groups is 1. The van der Waals surface area contributed by atoms with E-state index in [2.05, 4.69) is 65.7 Å². The predicted octanol–water partition coefficient (Wildman–Crippen LogP) is 3.74. The minimum Gasteiger partial charge on any atom is -0.393 e. The SMILES string of the molecule is Cc1c(-c2ccccc2)cccc1N(C1CCNCC1)[C@H]1C[C@@H](O)C1. The molecule has 2 aromatic rings. The molecule has 0 atom stereocenters. The average Bonchev–Trinajstić information content (AvgIpc) is 2.63. The molecule has 0 unspecified atom stereocenters. The minimum atomic E-state index is -0.119. The highest BCUT2D eigenvalue weighted by Gasteiger charge is 2.37. The highest BCUT2D eigenvalue weighted by atomic mass is 16.3. The van der Waals surface area contributed by atoms with Crippen molar-refractivity contribution >= 4 is 5.69 Å². The van der Waals surface area contributed by atoms with Gasteiger partial charge in [0, 0.05) is 17.8 Å². The van der Waals surface area contributed by atoms with Crippen LogP contribution in [0.1, 0.15) is 31.2 Å². The number of nitrogens with one attached hydrogen (secondary N) is 1. The molecule has 132 valence electrons. The van der Waals surface area contributed by atoms with Crippen molar-refractivity contribution in [3.05, 3.63) is 54.1 Å². The molecule has 1 aliphatic carbocycles. The molecule has 0 aromatic heterocycles. The lowest BCUT2D eigenvalue weighted by Crippen LogP contribution is -2.54. The minimum absolute atomic E-state index is 0.119. The zero-order valence-electron chi connectivity index (χ0n) is 15.0. The first-order chi connectivity index (χ1) is 12.2. The van der Waals surface area contributed by atoms with E-state index in [4.69, 9.17) is 0 Å². The molecular weight excluding hydrogens is 308 g/mol. The van der Waals surface area contributed by atoms with Gasteiger partial charge in [-0.3, -0.25) is 0 Å². The fourth-order valence-electron chi connectivity index (χ4n) is 4.40. The maximum absolute atomic E-state index is 9.88. The maximum atomic E-state index is 9.88. The van der Waals surface area contributed by atoms with Gasteiger partial charge in [0.15, 0.2) is 0 Å². The summed E-state index contributed by atoms with van der Waals surface area (Å²) in [5.74, 6) is 0. The fourth-order valence-corrected chi connectivity index (χ4v) is 4.40. The summed E-state index contributed by atoms with van der Waals surface area (Å²) in [5.41, 5.74) is 5.30. The first kappa shape index (κ1) is 16.6. The van der Waals surface area contributed by atoms with Crippen LogP contribution in [0.2, 0.25) is 0 Å². The molecule has 0 amide bonds. The molecule has 0 spiro atoms. The summed E-state index contributed by atoms with van der Waals surface area (Å²) in [4.78, 5) is 2.63. The van der Waals surface area contributed by atoms with Crippen molar-refractivity contribution in [2.75, 3.05) is 18.0 Å². The highest BCUT2D eigenvalue weighted by Crippen LogP contribution is 2.38. The van der Waals surface area contributed by atoms with Gasteiger partial charge in [0.2, 0.25) is 0 Å². The van der Waals surface area contributed by atoms with Crippen molar-refractivity contribution in [3.63, 3.8) is 0 Å². The second-order valence-corrected chi connectivity index (χ2v) is 7.48. The maximum Gasteiger partial charge on any atom is 0.0579 e. The van der Waals surface area contributed by atoms with Gasteiger partial charge in [-0.1, -0.05) is 42.5 Å². The third-order valence-corrected chi connectivity index (χ3v) is 5.85. The van der Waals surface area contributed by atoms with Crippen molar-refractivity contribution in [2.45, 2.75) is 50.8 Å². The second-order valence-electron chi connectivity index (χ2n) is 7.48. The van der Waals surface area contributed by atoms with Gasteiger partial charge in [0.05, 0.1) is 6.10 Å². The van der Waals surface area contributed by atoms with Crippen LogP contribution in [0.4, 0.5) is 5.69 Å². The zero-order valence-corrected chi connectivity index (χ0v) is 15.0. The Kier molecular flexibility index (Phi) is 4.78. The normalized spacial score (nSPS) is 23.9. The third kappa shape index (κ3) is 3.31. The molecule has 25 heavy (non-hydrogen) atoms. The molecule has 2 N–H and O–H groups in total. The number of hydrogen-bond donors (Lipinski definition) is 2. The molecule has 3 heteroatoms. The quantitative estimate of drug-likeness (QED) is 0.893. The topological polar surface area (TPSA) is 35.5 Å². The molecular formula is C22H28N2O. The van der Waals surface area contributed by atoms with Crippen LogP contribution < -0.4 is 10.2 Å². The summed E-state index contributed by atoms with van der Waals surface area (Å²) >= 11 is 0. The molecule has 0 radical (unpaired) electrons. The van der Waals surface area contributed by atoms with Crippen LogP contribution in [0.5, 0.6) is 0 Å². The van der Waals surface area contributed by atoms with E-state index < -0.39 is 0 Å². The van der Waals surface area contributed by atoms with Gasteiger partial charge in [0.1, 0.15) is 0 Å². The molecule has 4 rings (SSSR count). The van der Waals surface area contributed by atoms with Gasteiger partial charge in [-0.05, 0) is 68.5 Å². The average molecular weight is 336 g/mol. The van der Waals surface area contributed by atoms with Gasteiger partial charge in [-0.25, -0.2) is 0 Å². The van der Waals surface area contributed by atoms with E-state index in [-0.39, 0.29) is 6.10 Å². The Bertz CT molecular complexity index is 703. The first-order valence-electron chi connectivity index (χ1n) is 9.56. The van der Waals surface area contributed by atoms with Crippen molar-refractivity contribution < 1.29 is 5.11 Å². The van der Waals surface area contributed by atoms with E-state index in [1.807, 2.05) is 0 Å². The highest BCUT2D eigenvalue weighted by molar-refractivity contribution is 5.74. The summed E-state index contributed by atoms with van der Waals surface area (Å²) < 4.78 is 0. The van der Waals surface area contributed by atoms with Crippen LogP contribution in [0.25, 0.3) is 11.1 Å². The van der Waals surface area contributed by atoms with Gasteiger partial charge >= 0.3 is 0 Å². The lowest BCUT2D eigenvalue weighted by molar-refractivity contribution is 0.0689. The number of rotatable bonds is 4. The fraction of sp³-hybridized carbons (Fsp3) is 0.455. The molecule has 1 saturated carbocycles. The predicted molar refractivity (Wildman–Crippen MR) is 104 cm³/mol. The van der Waals surface area contributed by atoms with E-state index >= 15 is 0 Å². The second kappa shape index (κ2) is 7.19. The Hall–Kier alpha value is -1.84. The molecule has 2 aromatic carbocycles. The van der Waals surface area contributed by atoms with Crippen LogP contribution in [-0.4, -0.2) is 36.4 Å². The van der Waals surface area contributed by atoms with Crippen molar-refractivity contribution in [3.8, 4) is 11.1 Å². The summed E-state index contributed by atoms with van der Waals surface area (Å²) in [5, 5.41) is 13.4. The molecule has 1 saturated heterocycles. The number of anilines is 1. The van der Waals surface area contributed by atoms with Crippen molar-refractivity contribution in [2.24, 2.45) is 0 Å². The molecule has 2 aliphatic rings. The first-order valence-corrected chi connectivity index (χ1v) is 9.56. The van der Waals surface area contributed by atoms with E-state index in [1.165, 1.54) is 35.2 Å². The van der Waals surface area contributed by atoms with Crippen molar-refractivity contribution in [1.82, 2.24) is 5.32 Å². The standard InChI is InChI=1S/C22H28N2O/c1-16-21(17-6-3-2-4-7-17)8-5-9-22(16)24(19-14-20(25)15-19)18-10-12-23-13-11-18/h2-9,18-20,23,25H,10-15H2,1H3/t19-,20+. The third-order valence-electron chi connectivity index (χ3n) is 5.85. The molecule has 1 aliphatic heterocycles. The summed E-state index contributed by atoms with van der Waals surface area (Å²) in [6.45, 7) is 4.43. The number of aliphatic hydroxyl groups excluding tert-OH is 1. The molecule has 3 nitrogen and oxygen atoms in total. The number of nitrogens with zero attached hydrogens (tertiary/aromatic N) is 1. The Morgan fingerprint density at radius 2 is 1.64 bits per heavy atom. The summed E-state index contributed by atoms with van der Waals surface area (Å²) in [6.07, 6.45) is 4.05. The summed E-state index contributed by atoms with van der Waals surface area (Å²) in [7, 11) is 0. The zero-order chi connectivity index (χ0) is 17.2. The smallest absolute Gasteiger partial charge is 0.0579 e. The molecule has 1 heterocycles. The number of hydrogen-bond acceptors (Lipinski definition) is 3.